The Kier molecular flexibility index (Phi) is 12.1. The van der Waals surface area contributed by atoms with Gasteiger partial charge in [-0.05, 0) is 62.2 Å². The van der Waals surface area contributed by atoms with Crippen LogP contribution in [0.1, 0.15) is 104 Å². The molecule has 0 spiro atoms. The van der Waals surface area contributed by atoms with Gasteiger partial charge in [0.05, 0.1) is 24.9 Å². The van der Waals surface area contributed by atoms with Crippen LogP contribution in [-0.2, 0) is 4.74 Å². The Morgan fingerprint density at radius 3 is 2.38 bits per heavy atom. The van der Waals surface area contributed by atoms with Gasteiger partial charge >= 0.3 is 0 Å². The molecule has 0 radical (unpaired) electrons. The first-order valence-electron chi connectivity index (χ1n) is 12.6. The minimum Gasteiger partial charge on any atom is -0.396 e. The number of rotatable bonds is 16. The van der Waals surface area contributed by atoms with Gasteiger partial charge in [-0.25, -0.2) is 0 Å². The Morgan fingerprint density at radius 1 is 0.966 bits per heavy atom. The van der Waals surface area contributed by atoms with Gasteiger partial charge in [-0.1, -0.05) is 58.8 Å². The molecule has 6 atom stereocenters. The zero-order valence-electron chi connectivity index (χ0n) is 19.1. The lowest BCUT2D eigenvalue weighted by Crippen LogP contribution is -2.41. The fourth-order valence-corrected chi connectivity index (χ4v) is 5.32. The second-order valence-electron chi connectivity index (χ2n) is 10.2. The van der Waals surface area contributed by atoms with Crippen molar-refractivity contribution in [1.82, 2.24) is 0 Å². The normalized spacial score (nSPS) is 28.2. The van der Waals surface area contributed by atoms with Crippen molar-refractivity contribution in [3.05, 3.63) is 0 Å². The van der Waals surface area contributed by atoms with Gasteiger partial charge in [-0.15, -0.1) is 0 Å². The van der Waals surface area contributed by atoms with E-state index in [1.165, 1.54) is 64.2 Å². The molecule has 0 amide bonds. The summed E-state index contributed by atoms with van der Waals surface area (Å²) >= 11 is 0. The molecule has 1 aliphatic carbocycles. The van der Waals surface area contributed by atoms with Crippen LogP contribution in [0.3, 0.4) is 0 Å². The third-order valence-corrected chi connectivity index (χ3v) is 7.38. The lowest BCUT2D eigenvalue weighted by Gasteiger charge is -2.37. The van der Waals surface area contributed by atoms with Crippen molar-refractivity contribution < 1.29 is 20.1 Å². The zero-order chi connectivity index (χ0) is 21.1. The molecule has 2 aliphatic rings. The third kappa shape index (κ3) is 10.1. The molecule has 0 aromatic heterocycles. The molecule has 3 N–H and O–H groups in total. The van der Waals surface area contributed by atoms with E-state index < -0.39 is 0 Å². The minimum atomic E-state index is -0.326. The van der Waals surface area contributed by atoms with Crippen LogP contribution in [0.5, 0.6) is 0 Å². The van der Waals surface area contributed by atoms with Crippen molar-refractivity contribution in [1.29, 1.82) is 0 Å². The Balaban J connectivity index is 1.80. The van der Waals surface area contributed by atoms with Gasteiger partial charge in [-0.3, -0.25) is 0 Å². The molecule has 1 heterocycles. The van der Waals surface area contributed by atoms with Crippen LogP contribution >= 0.6 is 0 Å². The Labute approximate surface area is 179 Å². The van der Waals surface area contributed by atoms with E-state index in [2.05, 4.69) is 13.8 Å². The van der Waals surface area contributed by atoms with Crippen LogP contribution in [0.25, 0.3) is 0 Å². The van der Waals surface area contributed by atoms with Gasteiger partial charge in [0.2, 0.25) is 0 Å². The van der Waals surface area contributed by atoms with Crippen molar-refractivity contribution in [2.75, 3.05) is 13.2 Å². The number of hydrogen-bond acceptors (Lipinski definition) is 4. The van der Waals surface area contributed by atoms with Crippen molar-refractivity contribution in [2.45, 2.75) is 122 Å². The van der Waals surface area contributed by atoms with Crippen molar-refractivity contribution in [2.24, 2.45) is 23.7 Å². The van der Waals surface area contributed by atoms with Crippen molar-refractivity contribution >= 4 is 0 Å². The van der Waals surface area contributed by atoms with E-state index in [-0.39, 0.29) is 24.9 Å². The Bertz CT molecular complexity index is 412. The number of aliphatic hydroxyl groups excluding tert-OH is 3. The topological polar surface area (TPSA) is 69.9 Å². The van der Waals surface area contributed by atoms with E-state index in [0.717, 1.165) is 31.1 Å². The average molecular weight is 413 g/mol. The van der Waals surface area contributed by atoms with Crippen LogP contribution in [0.4, 0.5) is 0 Å². The quantitative estimate of drug-likeness (QED) is 0.331. The molecule has 4 nitrogen and oxygen atoms in total. The largest absolute Gasteiger partial charge is 0.396 e. The van der Waals surface area contributed by atoms with Crippen molar-refractivity contribution in [3.8, 4) is 0 Å². The highest BCUT2D eigenvalue weighted by molar-refractivity contribution is 4.83. The third-order valence-electron chi connectivity index (χ3n) is 7.38. The summed E-state index contributed by atoms with van der Waals surface area (Å²) in [4.78, 5) is 0. The maximum Gasteiger partial charge on any atom is 0.0834 e. The molecule has 2 fully saturated rings. The summed E-state index contributed by atoms with van der Waals surface area (Å²) in [6, 6.07) is 0. The molecule has 2 rings (SSSR count). The summed E-state index contributed by atoms with van der Waals surface area (Å²) in [5.74, 6) is 2.97. The molecule has 0 bridgehead atoms. The number of hydrogen-bond donors (Lipinski definition) is 3. The summed E-state index contributed by atoms with van der Waals surface area (Å²) < 4.78 is 6.20. The molecule has 4 unspecified atom stereocenters. The van der Waals surface area contributed by atoms with Crippen LogP contribution in [-0.4, -0.2) is 46.8 Å². The highest BCUT2D eigenvalue weighted by Gasteiger charge is 2.33. The zero-order valence-corrected chi connectivity index (χ0v) is 19.1. The van der Waals surface area contributed by atoms with E-state index in [4.69, 9.17) is 9.84 Å². The van der Waals surface area contributed by atoms with E-state index in [1.54, 1.807) is 0 Å². The molecule has 4 heteroatoms. The molecule has 172 valence electrons. The monoisotopic (exact) mass is 412 g/mol. The highest BCUT2D eigenvalue weighted by Crippen LogP contribution is 2.37. The summed E-state index contributed by atoms with van der Waals surface area (Å²) in [5, 5.41) is 28.9. The Hall–Kier alpha value is -0.160. The van der Waals surface area contributed by atoms with Crippen molar-refractivity contribution in [3.63, 3.8) is 0 Å². The van der Waals surface area contributed by atoms with Crippen LogP contribution < -0.4 is 0 Å². The lowest BCUT2D eigenvalue weighted by molar-refractivity contribution is -0.133. The van der Waals surface area contributed by atoms with E-state index in [0.29, 0.717) is 24.9 Å². The molecule has 1 aliphatic heterocycles. The maximum absolute atomic E-state index is 10.3. The fourth-order valence-electron chi connectivity index (χ4n) is 5.32. The van der Waals surface area contributed by atoms with Gasteiger partial charge in [0.15, 0.2) is 0 Å². The molecular weight excluding hydrogens is 364 g/mol. The standard InChI is InChI=1S/C25H48O4/c1-3-20(15-19(2)7-6-14-26)8-4-10-22(11-5-9-21-12-13-21)25-17-23(28)16-24(18-27)29-25/h19-28H,3-18H2,1-2H3/t19-,20-,22?,23?,24?,25?/m1/s1. The SMILES string of the molecule is CC[C@H](CCCC(CCCC1CC1)C1CC(O)CC(CO)O1)C[C@H](C)CCCO. The molecule has 1 saturated heterocycles. The van der Waals surface area contributed by atoms with Gasteiger partial charge in [0.25, 0.3) is 0 Å². The Morgan fingerprint density at radius 2 is 1.72 bits per heavy atom. The molecular formula is C25H48O4. The smallest absolute Gasteiger partial charge is 0.0834 e. The lowest BCUT2D eigenvalue weighted by atomic mass is 9.82. The van der Waals surface area contributed by atoms with Crippen LogP contribution in [0.2, 0.25) is 0 Å². The predicted octanol–water partition coefficient (Wildman–Crippen LogP) is 5.08. The molecule has 0 aromatic rings. The van der Waals surface area contributed by atoms with Gasteiger partial charge in [0, 0.05) is 13.0 Å². The summed E-state index contributed by atoms with van der Waals surface area (Å²) in [6.07, 6.45) is 15.8. The van der Waals surface area contributed by atoms with Gasteiger partial charge < -0.3 is 20.1 Å². The van der Waals surface area contributed by atoms with E-state index in [9.17, 15) is 10.2 Å². The average Bonchev–Trinajstić information content (AvgIpc) is 3.54. The van der Waals surface area contributed by atoms with Crippen LogP contribution in [0, 0.1) is 23.7 Å². The maximum atomic E-state index is 10.3. The summed E-state index contributed by atoms with van der Waals surface area (Å²) in [5.41, 5.74) is 0. The molecule has 1 saturated carbocycles. The summed E-state index contributed by atoms with van der Waals surface area (Å²) in [7, 11) is 0. The predicted molar refractivity (Wildman–Crippen MR) is 119 cm³/mol. The fraction of sp³-hybridized carbons (Fsp3) is 1.00. The van der Waals surface area contributed by atoms with Gasteiger partial charge in [-0.2, -0.15) is 0 Å². The van der Waals surface area contributed by atoms with Gasteiger partial charge in [0.1, 0.15) is 0 Å². The first-order chi connectivity index (χ1) is 14.0. The molecule has 0 aromatic carbocycles. The number of aliphatic hydroxyl groups is 3. The van der Waals surface area contributed by atoms with Crippen LogP contribution in [0.15, 0.2) is 0 Å². The van der Waals surface area contributed by atoms with E-state index >= 15 is 0 Å². The first-order valence-corrected chi connectivity index (χ1v) is 12.6. The summed E-state index contributed by atoms with van der Waals surface area (Å²) in [6.45, 7) is 4.96. The van der Waals surface area contributed by atoms with E-state index in [1.807, 2.05) is 0 Å². The second-order valence-corrected chi connectivity index (χ2v) is 10.2. The number of ether oxygens (including phenoxy) is 1. The first kappa shape index (κ1) is 25.1. The molecule has 29 heavy (non-hydrogen) atoms. The second kappa shape index (κ2) is 14.0. The minimum absolute atomic E-state index is 0.0198. The highest BCUT2D eigenvalue weighted by atomic mass is 16.5.